The molecule has 3 rings (SSSR count). The number of nitrogens with zero attached hydrogens (tertiary/aromatic N) is 2. The van der Waals surface area contributed by atoms with Crippen LogP contribution in [0.4, 0.5) is 0 Å². The van der Waals surface area contributed by atoms with Crippen molar-refractivity contribution in [1.82, 2.24) is 9.72 Å². The minimum atomic E-state index is -0.599. The van der Waals surface area contributed by atoms with Crippen LogP contribution >= 0.6 is 0 Å². The number of aromatic nitrogens is 2. The van der Waals surface area contributed by atoms with Gasteiger partial charge in [0.1, 0.15) is 17.1 Å². The highest BCUT2D eigenvalue weighted by molar-refractivity contribution is 6.01. The zero-order chi connectivity index (χ0) is 20.3. The van der Waals surface area contributed by atoms with Crippen molar-refractivity contribution in [2.75, 3.05) is 13.2 Å². The van der Waals surface area contributed by atoms with Crippen LogP contribution in [0.5, 0.6) is 5.75 Å². The first-order chi connectivity index (χ1) is 13.4. The van der Waals surface area contributed by atoms with Gasteiger partial charge in [0.25, 0.3) is 0 Å². The Labute approximate surface area is 162 Å². The minimum absolute atomic E-state index is 0.290. The molecule has 3 aromatic rings. The summed E-state index contributed by atoms with van der Waals surface area (Å²) < 4.78 is 17.6. The number of benzene rings is 1. The van der Waals surface area contributed by atoms with Crippen LogP contribution in [0.2, 0.25) is 0 Å². The maximum absolute atomic E-state index is 12.6. The number of ether oxygens (including phenoxy) is 2. The lowest BCUT2D eigenvalue weighted by molar-refractivity contribution is 0.0470. The van der Waals surface area contributed by atoms with Gasteiger partial charge in [-0.05, 0) is 45.9 Å². The molecule has 0 amide bonds. The van der Waals surface area contributed by atoms with Gasteiger partial charge >= 0.3 is 5.97 Å². The van der Waals surface area contributed by atoms with Crippen LogP contribution in [0.1, 0.15) is 44.8 Å². The summed E-state index contributed by atoms with van der Waals surface area (Å²) in [7, 11) is 0. The third-order valence-corrected chi connectivity index (χ3v) is 4.32. The Hall–Kier alpha value is -3.35. The Kier molecular flexibility index (Phi) is 5.63. The maximum atomic E-state index is 12.6. The van der Waals surface area contributed by atoms with Gasteiger partial charge in [0.05, 0.1) is 6.61 Å². The van der Waals surface area contributed by atoms with E-state index in [9.17, 15) is 9.59 Å². The van der Waals surface area contributed by atoms with E-state index in [-0.39, 0.29) is 12.4 Å². The Morgan fingerprint density at radius 3 is 2.54 bits per heavy atom. The number of ketones is 1. The molecule has 0 saturated carbocycles. The Morgan fingerprint density at radius 1 is 1.11 bits per heavy atom. The molecule has 7 heteroatoms. The highest BCUT2D eigenvalue weighted by Crippen LogP contribution is 2.22. The van der Waals surface area contributed by atoms with Gasteiger partial charge in [0.2, 0.25) is 5.78 Å². The second-order valence-electron chi connectivity index (χ2n) is 6.34. The summed E-state index contributed by atoms with van der Waals surface area (Å²) in [5.74, 6) is 0.827. The Balaban J connectivity index is 1.75. The molecule has 28 heavy (non-hydrogen) atoms. The largest absolute Gasteiger partial charge is 0.493 e. The normalized spacial score (nSPS) is 10.7. The molecule has 7 nitrogen and oxygen atoms in total. The van der Waals surface area contributed by atoms with Gasteiger partial charge in [-0.3, -0.25) is 9.36 Å². The minimum Gasteiger partial charge on any atom is -0.493 e. The van der Waals surface area contributed by atoms with Crippen molar-refractivity contribution in [2.24, 2.45) is 0 Å². The van der Waals surface area contributed by atoms with Crippen LogP contribution in [0.15, 0.2) is 40.9 Å². The molecule has 0 radical (unpaired) electrons. The van der Waals surface area contributed by atoms with E-state index in [2.05, 4.69) is 5.16 Å². The number of rotatable bonds is 7. The van der Waals surface area contributed by atoms with Gasteiger partial charge in [0, 0.05) is 23.0 Å². The van der Waals surface area contributed by atoms with Gasteiger partial charge in [-0.15, -0.1) is 0 Å². The van der Waals surface area contributed by atoms with Crippen molar-refractivity contribution in [3.05, 3.63) is 64.7 Å². The SMILES string of the molecule is CCOc1ccccc1C(=O)OCC(=O)c1cc(C)n(-c2cc(C)on2)c1C. The van der Waals surface area contributed by atoms with E-state index in [0.29, 0.717) is 40.8 Å². The number of Topliss-reactive ketones (excluding diaryl/α,β-unsaturated/α-hetero) is 1. The summed E-state index contributed by atoms with van der Waals surface area (Å²) >= 11 is 0. The molecule has 1 aromatic carbocycles. The molecular formula is C21H22N2O5. The molecule has 2 aromatic heterocycles. The molecule has 0 fully saturated rings. The van der Waals surface area contributed by atoms with Crippen LogP contribution in [0.3, 0.4) is 0 Å². The molecule has 0 bridgehead atoms. The number of para-hydroxylation sites is 1. The van der Waals surface area contributed by atoms with E-state index in [0.717, 1.165) is 5.69 Å². The molecule has 0 spiro atoms. The van der Waals surface area contributed by atoms with E-state index in [4.69, 9.17) is 14.0 Å². The predicted octanol–water partition coefficient (Wildman–Crippen LogP) is 3.83. The van der Waals surface area contributed by atoms with Crippen LogP contribution in [-0.4, -0.2) is 34.7 Å². The van der Waals surface area contributed by atoms with Crippen molar-refractivity contribution in [3.8, 4) is 11.6 Å². The van der Waals surface area contributed by atoms with Crippen molar-refractivity contribution >= 4 is 11.8 Å². The molecule has 0 aliphatic heterocycles. The molecule has 2 heterocycles. The number of hydrogen-bond donors (Lipinski definition) is 0. The summed E-state index contributed by atoms with van der Waals surface area (Å²) in [4.78, 5) is 25.0. The summed E-state index contributed by atoms with van der Waals surface area (Å²) in [6.07, 6.45) is 0. The van der Waals surface area contributed by atoms with Gasteiger partial charge in [-0.1, -0.05) is 17.3 Å². The summed E-state index contributed by atoms with van der Waals surface area (Å²) in [5.41, 5.74) is 2.31. The Bertz CT molecular complexity index is 1020. The molecule has 0 unspecified atom stereocenters. The first-order valence-electron chi connectivity index (χ1n) is 8.97. The fourth-order valence-corrected chi connectivity index (χ4v) is 3.06. The van der Waals surface area contributed by atoms with E-state index >= 15 is 0 Å². The highest BCUT2D eigenvalue weighted by atomic mass is 16.5. The quantitative estimate of drug-likeness (QED) is 0.456. The lowest BCUT2D eigenvalue weighted by atomic mass is 10.1. The van der Waals surface area contributed by atoms with Crippen LogP contribution < -0.4 is 4.74 Å². The standard InChI is InChI=1S/C21H22N2O5/c1-5-26-19-9-7-6-8-16(19)21(25)27-12-18(24)17-10-13(2)23(15(17)4)20-11-14(3)28-22-20/h6-11H,5,12H2,1-4H3. The van der Waals surface area contributed by atoms with Crippen LogP contribution in [-0.2, 0) is 4.74 Å². The Morgan fingerprint density at radius 2 is 1.86 bits per heavy atom. The number of carbonyl (C=O) groups excluding carboxylic acids is 2. The smallest absolute Gasteiger partial charge is 0.342 e. The van der Waals surface area contributed by atoms with E-state index < -0.39 is 5.97 Å². The topological polar surface area (TPSA) is 83.6 Å². The maximum Gasteiger partial charge on any atom is 0.342 e. The van der Waals surface area contributed by atoms with Crippen molar-refractivity contribution in [3.63, 3.8) is 0 Å². The lowest BCUT2D eigenvalue weighted by Gasteiger charge is -2.09. The number of aryl methyl sites for hydroxylation is 2. The molecule has 0 saturated heterocycles. The fourth-order valence-electron chi connectivity index (χ4n) is 3.06. The van der Waals surface area contributed by atoms with E-state index in [1.165, 1.54) is 0 Å². The summed E-state index contributed by atoms with van der Waals surface area (Å²) in [5, 5.41) is 4.00. The van der Waals surface area contributed by atoms with Gasteiger partial charge in [-0.2, -0.15) is 0 Å². The summed E-state index contributed by atoms with van der Waals surface area (Å²) in [6, 6.07) is 10.3. The van der Waals surface area contributed by atoms with Gasteiger partial charge in [0.15, 0.2) is 12.4 Å². The molecule has 0 aliphatic rings. The van der Waals surface area contributed by atoms with Crippen LogP contribution in [0.25, 0.3) is 5.82 Å². The predicted molar refractivity (Wildman–Crippen MR) is 102 cm³/mol. The van der Waals surface area contributed by atoms with Crippen molar-refractivity contribution < 1.29 is 23.6 Å². The first-order valence-corrected chi connectivity index (χ1v) is 8.97. The second-order valence-corrected chi connectivity index (χ2v) is 6.34. The number of carbonyl (C=O) groups is 2. The van der Waals surface area contributed by atoms with Gasteiger partial charge < -0.3 is 14.0 Å². The third-order valence-electron chi connectivity index (χ3n) is 4.32. The van der Waals surface area contributed by atoms with E-state index in [1.807, 2.05) is 25.3 Å². The van der Waals surface area contributed by atoms with E-state index in [1.54, 1.807) is 43.3 Å². The third kappa shape index (κ3) is 3.83. The zero-order valence-corrected chi connectivity index (χ0v) is 16.3. The van der Waals surface area contributed by atoms with Crippen molar-refractivity contribution in [2.45, 2.75) is 27.7 Å². The van der Waals surface area contributed by atoms with Gasteiger partial charge in [-0.25, -0.2) is 4.79 Å². The molecule has 0 aliphatic carbocycles. The number of hydrogen-bond acceptors (Lipinski definition) is 6. The molecule has 0 N–H and O–H groups in total. The average Bonchev–Trinajstić information content (AvgIpc) is 3.22. The highest BCUT2D eigenvalue weighted by Gasteiger charge is 2.21. The molecular weight excluding hydrogens is 360 g/mol. The summed E-state index contributed by atoms with van der Waals surface area (Å²) in [6.45, 7) is 7.39. The fraction of sp³-hybridized carbons (Fsp3) is 0.286. The molecule has 146 valence electrons. The second kappa shape index (κ2) is 8.12. The van der Waals surface area contributed by atoms with Crippen molar-refractivity contribution in [1.29, 1.82) is 0 Å². The first kappa shape index (κ1) is 19.4. The average molecular weight is 382 g/mol. The van der Waals surface area contributed by atoms with Crippen LogP contribution in [0, 0.1) is 20.8 Å². The molecule has 0 atom stereocenters. The monoisotopic (exact) mass is 382 g/mol. The zero-order valence-electron chi connectivity index (χ0n) is 16.3. The number of esters is 1. The lowest BCUT2D eigenvalue weighted by Crippen LogP contribution is -2.16.